The van der Waals surface area contributed by atoms with E-state index >= 15 is 0 Å². The fourth-order valence-corrected chi connectivity index (χ4v) is 4.32. The first-order chi connectivity index (χ1) is 15.3. The van der Waals surface area contributed by atoms with Gasteiger partial charge < -0.3 is 10.2 Å². The van der Waals surface area contributed by atoms with Gasteiger partial charge in [-0.2, -0.15) is 0 Å². The van der Waals surface area contributed by atoms with Crippen molar-refractivity contribution >= 4 is 49.1 Å². The number of nitrogens with one attached hydrogen (secondary N) is 1. The molecule has 2 rings (SSSR count). The van der Waals surface area contributed by atoms with Crippen molar-refractivity contribution < 1.29 is 22.9 Å². The molecule has 0 saturated carbocycles. The summed E-state index contributed by atoms with van der Waals surface area (Å²) in [6.07, 6.45) is 0.916. The molecule has 2 amide bonds. The van der Waals surface area contributed by atoms with Crippen molar-refractivity contribution in [1.82, 2.24) is 10.2 Å². The third-order valence-corrected chi connectivity index (χ3v) is 6.69. The minimum atomic E-state index is -3.99. The van der Waals surface area contributed by atoms with E-state index in [1.54, 1.807) is 38.1 Å². The zero-order valence-electron chi connectivity index (χ0n) is 18.6. The van der Waals surface area contributed by atoms with Gasteiger partial charge in [-0.1, -0.05) is 34.1 Å². The minimum Gasteiger partial charge on any atom is -0.357 e. The molecular weight excluding hydrogens is 516 g/mol. The molecule has 0 heterocycles. The van der Waals surface area contributed by atoms with Gasteiger partial charge in [0.05, 0.1) is 16.9 Å². The van der Waals surface area contributed by atoms with Crippen molar-refractivity contribution in [1.29, 1.82) is 0 Å². The number of anilines is 1. The van der Waals surface area contributed by atoms with Crippen LogP contribution in [0.1, 0.15) is 18.1 Å². The molecule has 0 fully saturated rings. The lowest BCUT2D eigenvalue weighted by Gasteiger charge is -2.31. The van der Waals surface area contributed by atoms with Gasteiger partial charge in [0, 0.05) is 30.2 Å². The van der Waals surface area contributed by atoms with Gasteiger partial charge in [-0.15, -0.1) is 0 Å². The van der Waals surface area contributed by atoms with Gasteiger partial charge in [0.15, 0.2) is 0 Å². The number of amides is 2. The monoisotopic (exact) mass is 540 g/mol. The summed E-state index contributed by atoms with van der Waals surface area (Å²) in [5.74, 6) is -1.05. The first-order valence-corrected chi connectivity index (χ1v) is 12.5. The second kappa shape index (κ2) is 10.8. The Kier molecular flexibility index (Phi) is 8.56. The number of rotatable bonds is 9. The summed E-state index contributed by atoms with van der Waals surface area (Å²) in [4.78, 5) is 37.5. The molecule has 0 radical (unpaired) electrons. The Morgan fingerprint density at radius 3 is 2.30 bits per heavy atom. The number of halogens is 1. The molecule has 2 aromatic rings. The van der Waals surface area contributed by atoms with Crippen molar-refractivity contribution in [2.75, 3.05) is 24.2 Å². The van der Waals surface area contributed by atoms with Crippen LogP contribution in [0.3, 0.4) is 0 Å². The molecule has 0 aliphatic carbocycles. The Bertz CT molecular complexity index is 1150. The first kappa shape index (κ1) is 26.3. The van der Waals surface area contributed by atoms with Gasteiger partial charge >= 0.3 is 0 Å². The van der Waals surface area contributed by atoms with Gasteiger partial charge in [-0.05, 0) is 37.1 Å². The fraction of sp³-hybridized carbons (Fsp3) is 0.333. The predicted molar refractivity (Wildman–Crippen MR) is 128 cm³/mol. The normalized spacial score (nSPS) is 12.0. The topological polar surface area (TPSA) is 130 Å². The smallest absolute Gasteiger partial charge is 0.271 e. The molecule has 10 nitrogen and oxygen atoms in total. The third-order valence-electron chi connectivity index (χ3n) is 5.03. The number of likely N-dealkylation sites (N-methyl/N-ethyl adjacent to an activating group) is 1. The SMILES string of the molecule is CNC(=O)C(C)N(Cc1ccc(Br)cc1)C(=O)CN(c1cc([N+](=O)[O-])ccc1C)S(C)(=O)=O. The van der Waals surface area contributed by atoms with Crippen molar-refractivity contribution in [2.24, 2.45) is 0 Å². The minimum absolute atomic E-state index is 0.0243. The number of carbonyl (C=O) groups excluding carboxylic acids is 2. The molecule has 33 heavy (non-hydrogen) atoms. The Labute approximate surface area is 200 Å². The average molecular weight is 541 g/mol. The number of non-ortho nitro benzene ring substituents is 1. The van der Waals surface area contributed by atoms with E-state index in [0.29, 0.717) is 5.56 Å². The molecule has 2 aromatic carbocycles. The van der Waals surface area contributed by atoms with Gasteiger partial charge in [0.25, 0.3) is 5.69 Å². The van der Waals surface area contributed by atoms with Gasteiger partial charge in [0.1, 0.15) is 12.6 Å². The van der Waals surface area contributed by atoms with E-state index in [2.05, 4.69) is 21.2 Å². The Balaban J connectivity index is 2.46. The molecule has 178 valence electrons. The summed E-state index contributed by atoms with van der Waals surface area (Å²) in [5.41, 5.74) is 0.899. The van der Waals surface area contributed by atoms with Crippen molar-refractivity contribution in [3.63, 3.8) is 0 Å². The Morgan fingerprint density at radius 2 is 1.79 bits per heavy atom. The maximum Gasteiger partial charge on any atom is 0.271 e. The van der Waals surface area contributed by atoms with Crippen LogP contribution in [-0.4, -0.2) is 55.9 Å². The lowest BCUT2D eigenvalue weighted by molar-refractivity contribution is -0.384. The van der Waals surface area contributed by atoms with Crippen molar-refractivity contribution in [3.05, 3.63) is 68.2 Å². The summed E-state index contributed by atoms with van der Waals surface area (Å²) in [6.45, 7) is 2.57. The van der Waals surface area contributed by atoms with Crippen molar-refractivity contribution in [3.8, 4) is 0 Å². The summed E-state index contributed by atoms with van der Waals surface area (Å²) in [7, 11) is -2.54. The van der Waals surface area contributed by atoms with Crippen LogP contribution in [0, 0.1) is 17.0 Å². The van der Waals surface area contributed by atoms with E-state index in [4.69, 9.17) is 0 Å². The molecule has 0 aliphatic heterocycles. The van der Waals surface area contributed by atoms with E-state index in [1.807, 2.05) is 0 Å². The molecule has 0 saturated heterocycles. The zero-order chi connectivity index (χ0) is 24.9. The van der Waals surface area contributed by atoms with E-state index in [-0.39, 0.29) is 17.9 Å². The number of carbonyl (C=O) groups is 2. The third kappa shape index (κ3) is 6.75. The number of hydrogen-bond acceptors (Lipinski definition) is 6. The number of aryl methyl sites for hydroxylation is 1. The van der Waals surface area contributed by atoms with Crippen LogP contribution in [0.5, 0.6) is 0 Å². The summed E-state index contributed by atoms with van der Waals surface area (Å²) < 4.78 is 26.8. The van der Waals surface area contributed by atoms with E-state index in [9.17, 15) is 28.1 Å². The highest BCUT2D eigenvalue weighted by atomic mass is 79.9. The average Bonchev–Trinajstić information content (AvgIpc) is 2.75. The van der Waals surface area contributed by atoms with Crippen LogP contribution < -0.4 is 9.62 Å². The van der Waals surface area contributed by atoms with E-state index in [0.717, 1.165) is 26.7 Å². The summed E-state index contributed by atoms with van der Waals surface area (Å²) in [5, 5.41) is 13.7. The quantitative estimate of drug-likeness (QED) is 0.384. The molecule has 1 unspecified atom stereocenters. The summed E-state index contributed by atoms with van der Waals surface area (Å²) in [6, 6.07) is 10.0. The maximum absolute atomic E-state index is 13.3. The molecule has 1 atom stereocenters. The number of nitro groups is 1. The predicted octanol–water partition coefficient (Wildman–Crippen LogP) is 2.60. The molecule has 0 spiro atoms. The molecular formula is C21H25BrN4O6S. The second-order valence-electron chi connectivity index (χ2n) is 7.44. The zero-order valence-corrected chi connectivity index (χ0v) is 21.0. The van der Waals surface area contributed by atoms with Crippen LogP contribution in [-0.2, 0) is 26.2 Å². The Morgan fingerprint density at radius 1 is 1.18 bits per heavy atom. The Hall–Kier alpha value is -2.99. The number of nitro benzene ring substituents is 1. The maximum atomic E-state index is 13.3. The number of hydrogen-bond donors (Lipinski definition) is 1. The standard InChI is InChI=1S/C21H25BrN4O6S/c1-14-5-10-18(26(29)30)11-19(14)25(33(4,31)32)13-20(27)24(15(2)21(28)23-3)12-16-6-8-17(22)9-7-16/h5-11,15H,12-13H2,1-4H3,(H,23,28). The second-order valence-corrected chi connectivity index (χ2v) is 10.3. The molecule has 0 aliphatic rings. The van der Waals surface area contributed by atoms with Gasteiger partial charge in [0.2, 0.25) is 21.8 Å². The van der Waals surface area contributed by atoms with Crippen LogP contribution in [0.2, 0.25) is 0 Å². The van der Waals surface area contributed by atoms with E-state index in [1.165, 1.54) is 24.1 Å². The lowest BCUT2D eigenvalue weighted by atomic mass is 10.1. The highest BCUT2D eigenvalue weighted by Gasteiger charge is 2.30. The van der Waals surface area contributed by atoms with E-state index < -0.39 is 39.3 Å². The number of sulfonamides is 1. The van der Waals surface area contributed by atoms with Crippen LogP contribution in [0.25, 0.3) is 0 Å². The fourth-order valence-electron chi connectivity index (χ4n) is 3.15. The highest BCUT2D eigenvalue weighted by Crippen LogP contribution is 2.28. The van der Waals surface area contributed by atoms with Gasteiger partial charge in [-0.25, -0.2) is 8.42 Å². The van der Waals surface area contributed by atoms with Crippen LogP contribution >= 0.6 is 15.9 Å². The van der Waals surface area contributed by atoms with Gasteiger partial charge in [-0.3, -0.25) is 24.0 Å². The first-order valence-electron chi connectivity index (χ1n) is 9.83. The number of nitrogens with zero attached hydrogens (tertiary/aromatic N) is 3. The molecule has 1 N–H and O–H groups in total. The van der Waals surface area contributed by atoms with Crippen LogP contribution in [0.4, 0.5) is 11.4 Å². The lowest BCUT2D eigenvalue weighted by Crippen LogP contribution is -2.50. The molecule has 12 heteroatoms. The largest absolute Gasteiger partial charge is 0.357 e. The molecule has 0 aromatic heterocycles. The molecule has 0 bridgehead atoms. The van der Waals surface area contributed by atoms with Crippen molar-refractivity contribution in [2.45, 2.75) is 26.4 Å². The number of benzene rings is 2. The highest BCUT2D eigenvalue weighted by molar-refractivity contribution is 9.10. The summed E-state index contributed by atoms with van der Waals surface area (Å²) >= 11 is 3.34. The van der Waals surface area contributed by atoms with Crippen LogP contribution in [0.15, 0.2) is 46.9 Å².